The van der Waals surface area contributed by atoms with Crippen molar-refractivity contribution in [2.24, 2.45) is 5.92 Å². The zero-order valence-corrected chi connectivity index (χ0v) is 13.1. The third-order valence-corrected chi connectivity index (χ3v) is 3.85. The summed E-state index contributed by atoms with van der Waals surface area (Å²) in [5.41, 5.74) is 1.09. The van der Waals surface area contributed by atoms with Crippen molar-refractivity contribution >= 4 is 23.5 Å². The Hall–Kier alpha value is -1.81. The third-order valence-electron chi connectivity index (χ3n) is 3.60. The van der Waals surface area contributed by atoms with Crippen LogP contribution in [0.1, 0.15) is 24.8 Å². The fraction of sp³-hybridized carbons (Fsp3) is 0.412. The van der Waals surface area contributed by atoms with Crippen molar-refractivity contribution in [1.82, 2.24) is 5.32 Å². The normalized spacial score (nSPS) is 17.0. The first-order valence-corrected chi connectivity index (χ1v) is 7.86. The summed E-state index contributed by atoms with van der Waals surface area (Å²) in [5.74, 6) is -0.655. The van der Waals surface area contributed by atoms with Gasteiger partial charge in [-0.2, -0.15) is 0 Å². The van der Waals surface area contributed by atoms with E-state index in [1.165, 1.54) is 0 Å². The number of ether oxygens (including phenoxy) is 1. The molecule has 1 atom stereocenters. The summed E-state index contributed by atoms with van der Waals surface area (Å²) in [6.07, 6.45) is 7.16. The average Bonchev–Trinajstić information content (AvgIpc) is 2.55. The van der Waals surface area contributed by atoms with Gasteiger partial charge in [-0.15, -0.1) is 0 Å². The van der Waals surface area contributed by atoms with E-state index in [4.69, 9.17) is 16.3 Å². The molecule has 1 amide bonds. The van der Waals surface area contributed by atoms with Crippen LogP contribution in [0.5, 0.6) is 0 Å². The monoisotopic (exact) mass is 321 g/mol. The Labute approximate surface area is 135 Å². The molecule has 22 heavy (non-hydrogen) atoms. The largest absolute Gasteiger partial charge is 0.455 e. The molecule has 0 heterocycles. The lowest BCUT2D eigenvalue weighted by molar-refractivity contribution is -0.152. The second kappa shape index (κ2) is 8.59. The summed E-state index contributed by atoms with van der Waals surface area (Å²) in [5, 5.41) is 3.43. The van der Waals surface area contributed by atoms with Crippen LogP contribution in [0.15, 0.2) is 36.4 Å². The average molecular weight is 322 g/mol. The summed E-state index contributed by atoms with van der Waals surface area (Å²) in [6.45, 7) is 0.295. The summed E-state index contributed by atoms with van der Waals surface area (Å²) >= 11 is 5.81. The smallest absolute Gasteiger partial charge is 0.309 e. The van der Waals surface area contributed by atoms with Crippen LogP contribution < -0.4 is 5.32 Å². The highest BCUT2D eigenvalue weighted by molar-refractivity contribution is 6.30. The first-order valence-electron chi connectivity index (χ1n) is 7.48. The summed E-state index contributed by atoms with van der Waals surface area (Å²) in [6, 6.07) is 7.48. The minimum atomic E-state index is -0.280. The number of hydrogen-bond acceptors (Lipinski definition) is 3. The van der Waals surface area contributed by atoms with Gasteiger partial charge in [-0.25, -0.2) is 0 Å². The van der Waals surface area contributed by atoms with Crippen molar-refractivity contribution in [3.8, 4) is 0 Å². The Morgan fingerprint density at radius 2 is 2.00 bits per heavy atom. The van der Waals surface area contributed by atoms with Gasteiger partial charge in [-0.05, 0) is 43.4 Å². The van der Waals surface area contributed by atoms with Crippen LogP contribution >= 0.6 is 11.6 Å². The number of nitrogens with one attached hydrogen (secondary N) is 1. The van der Waals surface area contributed by atoms with E-state index in [9.17, 15) is 9.59 Å². The lowest BCUT2D eigenvalue weighted by Crippen LogP contribution is -2.31. The maximum Gasteiger partial charge on any atom is 0.309 e. The van der Waals surface area contributed by atoms with Crippen LogP contribution in [-0.4, -0.2) is 25.0 Å². The van der Waals surface area contributed by atoms with E-state index in [0.717, 1.165) is 18.4 Å². The minimum absolute atomic E-state index is 0.105. The molecule has 1 aromatic rings. The van der Waals surface area contributed by atoms with Gasteiger partial charge < -0.3 is 10.1 Å². The van der Waals surface area contributed by atoms with Gasteiger partial charge in [0.2, 0.25) is 0 Å². The molecule has 0 saturated heterocycles. The number of halogens is 1. The van der Waals surface area contributed by atoms with E-state index < -0.39 is 0 Å². The Balaban J connectivity index is 1.62. The molecule has 0 bridgehead atoms. The van der Waals surface area contributed by atoms with E-state index in [1.807, 2.05) is 30.3 Å². The Morgan fingerprint density at radius 1 is 1.23 bits per heavy atom. The summed E-state index contributed by atoms with van der Waals surface area (Å²) in [4.78, 5) is 23.4. The van der Waals surface area contributed by atoms with Gasteiger partial charge in [0.05, 0.1) is 5.92 Å². The van der Waals surface area contributed by atoms with Gasteiger partial charge in [0.1, 0.15) is 0 Å². The van der Waals surface area contributed by atoms with E-state index in [1.54, 1.807) is 0 Å². The molecule has 1 aromatic carbocycles. The van der Waals surface area contributed by atoms with E-state index in [0.29, 0.717) is 24.4 Å². The van der Waals surface area contributed by atoms with Crippen LogP contribution in [-0.2, 0) is 20.7 Å². The maximum absolute atomic E-state index is 11.8. The molecule has 1 N–H and O–H groups in total. The number of rotatable bonds is 6. The van der Waals surface area contributed by atoms with Gasteiger partial charge in [0.15, 0.2) is 6.61 Å². The van der Waals surface area contributed by atoms with Crippen molar-refractivity contribution in [3.05, 3.63) is 47.0 Å². The Bertz CT molecular complexity index is 539. The number of hydrogen-bond donors (Lipinski definition) is 1. The first-order chi connectivity index (χ1) is 10.6. The molecular weight excluding hydrogens is 302 g/mol. The van der Waals surface area contributed by atoms with E-state index in [2.05, 4.69) is 11.4 Å². The van der Waals surface area contributed by atoms with Gasteiger partial charge >= 0.3 is 5.97 Å². The number of carbonyl (C=O) groups is 2. The number of esters is 1. The molecule has 5 heteroatoms. The van der Waals surface area contributed by atoms with Gasteiger partial charge in [-0.3, -0.25) is 9.59 Å². The van der Waals surface area contributed by atoms with Crippen molar-refractivity contribution in [2.75, 3.05) is 13.2 Å². The quantitative estimate of drug-likeness (QED) is 0.647. The standard InChI is InChI=1S/C17H20ClNO3/c18-15-8-6-13(7-9-15)10-11-19-16(20)12-22-17(21)14-4-2-1-3-5-14/h1-2,6-9,14H,3-5,10-12H2,(H,19,20)/t14-/m0/s1. The van der Waals surface area contributed by atoms with Crippen LogP contribution in [0.4, 0.5) is 0 Å². The molecule has 0 aliphatic heterocycles. The van der Waals surface area contributed by atoms with Gasteiger partial charge in [0, 0.05) is 11.6 Å². The lowest BCUT2D eigenvalue weighted by Gasteiger charge is -2.16. The van der Waals surface area contributed by atoms with Crippen LogP contribution in [0, 0.1) is 5.92 Å². The molecule has 0 spiro atoms. The Morgan fingerprint density at radius 3 is 2.68 bits per heavy atom. The van der Waals surface area contributed by atoms with E-state index in [-0.39, 0.29) is 24.4 Å². The minimum Gasteiger partial charge on any atom is -0.455 e. The molecule has 4 nitrogen and oxygen atoms in total. The highest BCUT2D eigenvalue weighted by atomic mass is 35.5. The SMILES string of the molecule is O=C(COC(=O)[C@H]1CC=CCC1)NCCc1ccc(Cl)cc1. The van der Waals surface area contributed by atoms with Crippen LogP contribution in [0.3, 0.4) is 0 Å². The lowest BCUT2D eigenvalue weighted by atomic mass is 9.95. The van der Waals surface area contributed by atoms with Crippen molar-refractivity contribution in [3.63, 3.8) is 0 Å². The number of allylic oxidation sites excluding steroid dienone is 2. The molecule has 1 aliphatic carbocycles. The number of carbonyl (C=O) groups excluding carboxylic acids is 2. The number of amides is 1. The molecule has 0 aromatic heterocycles. The molecule has 118 valence electrons. The van der Waals surface area contributed by atoms with Crippen molar-refractivity contribution in [2.45, 2.75) is 25.7 Å². The zero-order chi connectivity index (χ0) is 15.8. The fourth-order valence-electron chi connectivity index (χ4n) is 2.31. The Kier molecular flexibility index (Phi) is 6.46. The van der Waals surface area contributed by atoms with Gasteiger partial charge in [-0.1, -0.05) is 35.9 Å². The van der Waals surface area contributed by atoms with E-state index >= 15 is 0 Å². The van der Waals surface area contributed by atoms with Crippen LogP contribution in [0.2, 0.25) is 5.02 Å². The summed E-state index contributed by atoms with van der Waals surface area (Å²) < 4.78 is 5.06. The molecule has 1 aliphatic rings. The van der Waals surface area contributed by atoms with Crippen molar-refractivity contribution in [1.29, 1.82) is 0 Å². The predicted molar refractivity (Wildman–Crippen MR) is 85.6 cm³/mol. The highest BCUT2D eigenvalue weighted by Crippen LogP contribution is 2.19. The second-order valence-corrected chi connectivity index (χ2v) is 5.75. The highest BCUT2D eigenvalue weighted by Gasteiger charge is 2.20. The van der Waals surface area contributed by atoms with Crippen LogP contribution in [0.25, 0.3) is 0 Å². The van der Waals surface area contributed by atoms with Crippen molar-refractivity contribution < 1.29 is 14.3 Å². The molecule has 0 radical (unpaired) electrons. The number of benzene rings is 1. The zero-order valence-electron chi connectivity index (χ0n) is 12.4. The van der Waals surface area contributed by atoms with Gasteiger partial charge in [0.25, 0.3) is 5.91 Å². The third kappa shape index (κ3) is 5.53. The molecular formula is C17H20ClNO3. The second-order valence-electron chi connectivity index (χ2n) is 5.32. The molecule has 0 unspecified atom stereocenters. The molecule has 0 fully saturated rings. The predicted octanol–water partition coefficient (Wildman–Crippen LogP) is 2.90. The topological polar surface area (TPSA) is 55.4 Å². The first kappa shape index (κ1) is 16.6. The fourth-order valence-corrected chi connectivity index (χ4v) is 2.44. The molecule has 2 rings (SSSR count). The molecule has 0 saturated carbocycles. The summed E-state index contributed by atoms with van der Waals surface area (Å²) in [7, 11) is 0. The maximum atomic E-state index is 11.8.